The van der Waals surface area contributed by atoms with Crippen molar-refractivity contribution >= 4 is 23.0 Å². The normalized spacial score (nSPS) is 13.2. The number of allylic oxidation sites excluding steroid dienone is 4. The van der Waals surface area contributed by atoms with E-state index < -0.39 is 0 Å². The van der Waals surface area contributed by atoms with Crippen LogP contribution in [0, 0.1) is 0 Å². The highest BCUT2D eigenvalue weighted by atomic mass is 35.5. The molecule has 2 aromatic rings. The molecule has 0 bridgehead atoms. The molecule has 4 heteroatoms. The van der Waals surface area contributed by atoms with Crippen molar-refractivity contribution in [3.05, 3.63) is 114 Å². The van der Waals surface area contributed by atoms with E-state index >= 15 is 0 Å². The van der Waals surface area contributed by atoms with Crippen molar-refractivity contribution in [1.82, 2.24) is 10.3 Å². The molecule has 1 heterocycles. The van der Waals surface area contributed by atoms with Gasteiger partial charge in [-0.15, -0.1) is 11.6 Å². The predicted octanol–water partition coefficient (Wildman–Crippen LogP) is 6.25. The lowest BCUT2D eigenvalue weighted by Crippen LogP contribution is -2.18. The molecule has 0 aliphatic heterocycles. The highest BCUT2D eigenvalue weighted by molar-refractivity contribution is 6.19. The molecule has 30 heavy (non-hydrogen) atoms. The van der Waals surface area contributed by atoms with Gasteiger partial charge in [-0.1, -0.05) is 56.2 Å². The minimum absolute atomic E-state index is 0.442. The summed E-state index contributed by atoms with van der Waals surface area (Å²) in [5.41, 5.74) is 8.45. The van der Waals surface area contributed by atoms with Crippen molar-refractivity contribution in [3.63, 3.8) is 0 Å². The third-order valence-corrected chi connectivity index (χ3v) is 5.34. The molecule has 1 aliphatic carbocycles. The summed E-state index contributed by atoms with van der Waals surface area (Å²) < 4.78 is 0. The fourth-order valence-electron chi connectivity index (χ4n) is 3.38. The Kier molecular flexibility index (Phi) is 7.83. The summed E-state index contributed by atoms with van der Waals surface area (Å²) in [5, 5.41) is 6.79. The van der Waals surface area contributed by atoms with Crippen LogP contribution in [0.15, 0.2) is 103 Å². The van der Waals surface area contributed by atoms with Crippen molar-refractivity contribution in [2.75, 3.05) is 17.7 Å². The number of hydrogen-bond acceptors (Lipinski definition) is 3. The molecular weight excluding hydrogens is 390 g/mol. The third kappa shape index (κ3) is 5.82. The highest BCUT2D eigenvalue weighted by Gasteiger charge is 2.14. The van der Waals surface area contributed by atoms with E-state index in [0.29, 0.717) is 5.88 Å². The Labute approximate surface area is 184 Å². The Morgan fingerprint density at radius 1 is 0.900 bits per heavy atom. The first-order valence-corrected chi connectivity index (χ1v) is 10.6. The number of alkyl halides is 1. The molecule has 154 valence electrons. The third-order valence-electron chi connectivity index (χ3n) is 5.02. The maximum atomic E-state index is 5.99. The first kappa shape index (κ1) is 21.8. The fourth-order valence-corrected chi connectivity index (χ4v) is 3.52. The zero-order valence-corrected chi connectivity index (χ0v) is 18.0. The molecule has 0 saturated carbocycles. The van der Waals surface area contributed by atoms with Crippen LogP contribution < -0.4 is 10.6 Å². The number of nitrogens with one attached hydrogen (secondary N) is 2. The Morgan fingerprint density at radius 3 is 2.17 bits per heavy atom. The van der Waals surface area contributed by atoms with E-state index in [-0.39, 0.29) is 0 Å². The van der Waals surface area contributed by atoms with Crippen LogP contribution in [0.25, 0.3) is 5.70 Å². The summed E-state index contributed by atoms with van der Waals surface area (Å²) in [5.74, 6) is 0.442. The monoisotopic (exact) mass is 417 g/mol. The van der Waals surface area contributed by atoms with Crippen LogP contribution in [0.3, 0.4) is 0 Å². The molecule has 3 nitrogen and oxygen atoms in total. The molecular formula is C26H28ClN3. The number of nitrogens with zero attached hydrogens (tertiary/aromatic N) is 1. The van der Waals surface area contributed by atoms with Gasteiger partial charge in [0.2, 0.25) is 0 Å². The Bertz CT molecular complexity index is 969. The van der Waals surface area contributed by atoms with E-state index in [2.05, 4.69) is 71.8 Å². The Hall–Kier alpha value is -2.88. The lowest BCUT2D eigenvalue weighted by atomic mass is 9.88. The highest BCUT2D eigenvalue weighted by Crippen LogP contribution is 2.29. The summed E-state index contributed by atoms with van der Waals surface area (Å²) in [7, 11) is 0. The second-order valence-electron chi connectivity index (χ2n) is 7.29. The van der Waals surface area contributed by atoms with Gasteiger partial charge in [-0.05, 0) is 58.4 Å². The maximum Gasteiger partial charge on any atom is 0.0474 e. The average molecular weight is 418 g/mol. The lowest BCUT2D eigenvalue weighted by molar-refractivity contribution is 0.743. The molecule has 0 spiro atoms. The molecule has 0 amide bonds. The summed E-state index contributed by atoms with van der Waals surface area (Å²) in [4.78, 5) is 4.03. The molecule has 0 atom stereocenters. The Balaban J connectivity index is 1.51. The largest absolute Gasteiger partial charge is 0.355 e. The molecule has 1 aliphatic rings. The van der Waals surface area contributed by atoms with Gasteiger partial charge in [0, 0.05) is 42.7 Å². The summed E-state index contributed by atoms with van der Waals surface area (Å²) >= 11 is 5.99. The van der Waals surface area contributed by atoms with Gasteiger partial charge in [-0.2, -0.15) is 0 Å². The van der Waals surface area contributed by atoms with Crippen molar-refractivity contribution in [1.29, 1.82) is 0 Å². The van der Waals surface area contributed by atoms with E-state index in [1.807, 2.05) is 12.1 Å². The summed E-state index contributed by atoms with van der Waals surface area (Å²) in [6, 6.07) is 12.2. The number of hydrogen-bond donors (Lipinski definition) is 2. The molecule has 0 saturated heterocycles. The smallest absolute Gasteiger partial charge is 0.0474 e. The van der Waals surface area contributed by atoms with Crippen LogP contribution in [0.5, 0.6) is 0 Å². The molecule has 0 fully saturated rings. The Morgan fingerprint density at radius 2 is 1.53 bits per heavy atom. The van der Waals surface area contributed by atoms with E-state index in [1.54, 1.807) is 12.4 Å². The standard InChI is InChI=1S/C26H28ClN3/c1-19(16-27)25-6-4-5-7-26(25)20(2)17-29-18-22-8-10-23(11-9-22)21(3)30-24-12-14-28-15-13-24/h6-15,29H,1-5,16-18H2,(H,28,30). The SMILES string of the molecule is C=C(CCl)C1=CCCC=C1C(=C)CNCc1ccc(C(=C)Nc2ccncc2)cc1. The van der Waals surface area contributed by atoms with Crippen LogP contribution in [-0.4, -0.2) is 17.4 Å². The number of anilines is 1. The van der Waals surface area contributed by atoms with Crippen molar-refractivity contribution in [2.45, 2.75) is 19.4 Å². The second kappa shape index (κ2) is 10.8. The number of halogens is 1. The lowest BCUT2D eigenvalue weighted by Gasteiger charge is -2.20. The number of benzene rings is 1. The summed E-state index contributed by atoms with van der Waals surface area (Å²) in [6.45, 7) is 14.0. The first-order chi connectivity index (χ1) is 14.6. The minimum atomic E-state index is 0.442. The first-order valence-electron chi connectivity index (χ1n) is 10.1. The average Bonchev–Trinajstić information content (AvgIpc) is 2.79. The van der Waals surface area contributed by atoms with Gasteiger partial charge in [-0.3, -0.25) is 4.98 Å². The topological polar surface area (TPSA) is 37.0 Å². The van der Waals surface area contributed by atoms with E-state index in [0.717, 1.165) is 59.6 Å². The number of rotatable bonds is 10. The van der Waals surface area contributed by atoms with Gasteiger partial charge in [-0.25, -0.2) is 0 Å². The van der Waals surface area contributed by atoms with Crippen LogP contribution >= 0.6 is 11.6 Å². The van der Waals surface area contributed by atoms with Crippen LogP contribution in [0.4, 0.5) is 5.69 Å². The van der Waals surface area contributed by atoms with E-state index in [1.165, 1.54) is 11.1 Å². The van der Waals surface area contributed by atoms with Gasteiger partial charge in [0.05, 0.1) is 0 Å². The van der Waals surface area contributed by atoms with Crippen molar-refractivity contribution in [2.24, 2.45) is 0 Å². The summed E-state index contributed by atoms with van der Waals surface area (Å²) in [6.07, 6.45) is 10.0. The fraction of sp³-hybridized carbons (Fsp3) is 0.192. The number of pyridine rings is 1. The molecule has 0 radical (unpaired) electrons. The molecule has 2 N–H and O–H groups in total. The molecule has 0 unspecified atom stereocenters. The molecule has 1 aromatic carbocycles. The van der Waals surface area contributed by atoms with Gasteiger partial charge < -0.3 is 10.6 Å². The van der Waals surface area contributed by atoms with Gasteiger partial charge in [0.1, 0.15) is 0 Å². The van der Waals surface area contributed by atoms with Gasteiger partial charge in [0.15, 0.2) is 0 Å². The van der Waals surface area contributed by atoms with E-state index in [9.17, 15) is 0 Å². The van der Waals surface area contributed by atoms with E-state index in [4.69, 9.17) is 11.6 Å². The second-order valence-corrected chi connectivity index (χ2v) is 7.56. The van der Waals surface area contributed by atoms with Crippen molar-refractivity contribution < 1.29 is 0 Å². The number of aromatic nitrogens is 1. The van der Waals surface area contributed by atoms with Gasteiger partial charge >= 0.3 is 0 Å². The molecule has 3 rings (SSSR count). The zero-order chi connectivity index (χ0) is 21.3. The van der Waals surface area contributed by atoms with Crippen LogP contribution in [0.1, 0.15) is 24.0 Å². The minimum Gasteiger partial charge on any atom is -0.355 e. The molecule has 1 aromatic heterocycles. The van der Waals surface area contributed by atoms with Crippen LogP contribution in [-0.2, 0) is 6.54 Å². The quantitative estimate of drug-likeness (QED) is 0.448. The maximum absolute atomic E-state index is 5.99. The zero-order valence-electron chi connectivity index (χ0n) is 17.3. The van der Waals surface area contributed by atoms with Crippen molar-refractivity contribution in [3.8, 4) is 0 Å². The van der Waals surface area contributed by atoms with Gasteiger partial charge in [0.25, 0.3) is 0 Å². The van der Waals surface area contributed by atoms with Crippen LogP contribution in [0.2, 0.25) is 0 Å². The predicted molar refractivity (Wildman–Crippen MR) is 129 cm³/mol.